The number of sulfone groups is 1. The van der Waals surface area contributed by atoms with Gasteiger partial charge < -0.3 is 5.73 Å². The lowest BCUT2D eigenvalue weighted by molar-refractivity contribution is 0.608. The van der Waals surface area contributed by atoms with Crippen LogP contribution in [0.5, 0.6) is 0 Å². The zero-order valence-corrected chi connectivity index (χ0v) is 13.1. The molecule has 0 bridgehead atoms. The van der Waals surface area contributed by atoms with Crippen molar-refractivity contribution >= 4 is 32.7 Å². The number of rotatable bonds is 5. The lowest BCUT2D eigenvalue weighted by Gasteiger charge is -2.12. The topological polar surface area (TPSA) is 60.2 Å². The van der Waals surface area contributed by atoms with Crippen LogP contribution in [0.4, 0.5) is 5.69 Å². The van der Waals surface area contributed by atoms with Gasteiger partial charge in [-0.1, -0.05) is 49.4 Å². The van der Waals surface area contributed by atoms with E-state index in [0.717, 1.165) is 0 Å². The molecule has 3 nitrogen and oxygen atoms in total. The van der Waals surface area contributed by atoms with Crippen LogP contribution in [-0.2, 0) is 9.84 Å². The Morgan fingerprint density at radius 2 is 2.10 bits per heavy atom. The van der Waals surface area contributed by atoms with Crippen LogP contribution in [0.2, 0.25) is 5.02 Å². The minimum atomic E-state index is -3.35. The van der Waals surface area contributed by atoms with Crippen LogP contribution in [0.3, 0.4) is 0 Å². The first-order valence-corrected chi connectivity index (χ1v) is 8.37. The minimum Gasteiger partial charge on any atom is -0.398 e. The molecule has 0 fully saturated rings. The first-order valence-electron chi connectivity index (χ1n) is 6.10. The summed E-state index contributed by atoms with van der Waals surface area (Å²) in [5, 5.41) is 0.391. The van der Waals surface area contributed by atoms with Gasteiger partial charge in [0.05, 0.1) is 15.6 Å². The molecular weight excluding hydrogens is 294 g/mol. The normalized spacial score (nSPS) is 13.3. The molecule has 0 heterocycles. The second-order valence-corrected chi connectivity index (χ2v) is 6.69. The van der Waals surface area contributed by atoms with Crippen LogP contribution < -0.4 is 5.73 Å². The van der Waals surface area contributed by atoms with Gasteiger partial charge in [0.2, 0.25) is 0 Å². The maximum Gasteiger partial charge on any atom is 0.175 e. The highest BCUT2D eigenvalue weighted by molar-refractivity contribution is 7.95. The molecule has 0 atom stereocenters. The van der Waals surface area contributed by atoms with E-state index in [1.54, 1.807) is 36.4 Å². The van der Waals surface area contributed by atoms with Crippen molar-refractivity contribution in [2.75, 3.05) is 12.0 Å². The summed E-state index contributed by atoms with van der Waals surface area (Å²) in [6, 6.07) is 5.05. The van der Waals surface area contributed by atoms with Crippen molar-refractivity contribution in [3.63, 3.8) is 0 Å². The maximum atomic E-state index is 12.0. The Balaban J connectivity index is 3.52. The zero-order valence-electron chi connectivity index (χ0n) is 11.6. The number of hydrogen-bond acceptors (Lipinski definition) is 3. The van der Waals surface area contributed by atoms with Crippen molar-refractivity contribution in [1.82, 2.24) is 0 Å². The largest absolute Gasteiger partial charge is 0.398 e. The van der Waals surface area contributed by atoms with E-state index in [-0.39, 0.29) is 4.91 Å². The van der Waals surface area contributed by atoms with Crippen molar-refractivity contribution < 1.29 is 8.42 Å². The molecule has 0 aliphatic carbocycles. The third kappa shape index (κ3) is 3.99. The first kappa shape index (κ1) is 16.5. The Labute approximate surface area is 125 Å². The summed E-state index contributed by atoms with van der Waals surface area (Å²) in [6.07, 6.45) is 6.68. The molecule has 2 N–H and O–H groups in total. The fraction of sp³-hybridized carbons (Fsp3) is 0.200. The molecule has 0 saturated carbocycles. The van der Waals surface area contributed by atoms with Gasteiger partial charge in [0, 0.05) is 6.26 Å². The van der Waals surface area contributed by atoms with Gasteiger partial charge in [-0.05, 0) is 29.7 Å². The molecule has 0 aliphatic heterocycles. The van der Waals surface area contributed by atoms with Crippen molar-refractivity contribution in [3.05, 3.63) is 58.5 Å². The van der Waals surface area contributed by atoms with Crippen molar-refractivity contribution in [3.8, 4) is 0 Å². The highest BCUT2D eigenvalue weighted by atomic mass is 35.5. The fourth-order valence-corrected chi connectivity index (χ4v) is 3.01. The number of halogens is 1. The number of nitrogens with two attached hydrogens (primary N) is 1. The van der Waals surface area contributed by atoms with Gasteiger partial charge in [0.15, 0.2) is 9.84 Å². The standard InChI is InChI=1S/C15H18ClNO2S/c1-4-6-12(15(7-5-2)20(3,18)19)11-8-9-14(17)13(16)10-11/h4,6-10H,1,5,17H2,2-3H3/b12-6-,15-7+. The molecule has 0 spiro atoms. The number of anilines is 1. The third-order valence-electron chi connectivity index (χ3n) is 2.65. The first-order chi connectivity index (χ1) is 9.31. The molecule has 0 amide bonds. The summed E-state index contributed by atoms with van der Waals surface area (Å²) in [7, 11) is -3.35. The predicted molar refractivity (Wildman–Crippen MR) is 87.3 cm³/mol. The van der Waals surface area contributed by atoms with Crippen LogP contribution in [0.1, 0.15) is 18.9 Å². The van der Waals surface area contributed by atoms with E-state index in [1.807, 2.05) is 6.92 Å². The molecule has 0 saturated heterocycles. The molecule has 0 unspecified atom stereocenters. The molecule has 1 aromatic rings. The van der Waals surface area contributed by atoms with Crippen LogP contribution >= 0.6 is 11.6 Å². The number of allylic oxidation sites excluding steroid dienone is 4. The van der Waals surface area contributed by atoms with Gasteiger partial charge in [-0.15, -0.1) is 0 Å². The summed E-state index contributed by atoms with van der Waals surface area (Å²) in [5.74, 6) is 0. The fourth-order valence-electron chi connectivity index (χ4n) is 1.78. The van der Waals surface area contributed by atoms with Crippen LogP contribution in [0.15, 0.2) is 47.9 Å². The van der Waals surface area contributed by atoms with E-state index in [4.69, 9.17) is 17.3 Å². The molecule has 0 aliphatic rings. The van der Waals surface area contributed by atoms with Gasteiger partial charge in [-0.2, -0.15) is 0 Å². The van der Waals surface area contributed by atoms with E-state index in [9.17, 15) is 8.42 Å². The number of benzene rings is 1. The van der Waals surface area contributed by atoms with Crippen molar-refractivity contribution in [2.24, 2.45) is 0 Å². The SMILES string of the molecule is C=C/C=C(\C(=C/CC)S(C)(=O)=O)c1ccc(N)c(Cl)c1. The summed E-state index contributed by atoms with van der Waals surface area (Å²) in [6.45, 7) is 5.52. The predicted octanol–water partition coefficient (Wildman–Crippen LogP) is 3.83. The Kier molecular flexibility index (Phi) is 5.60. The molecule has 0 radical (unpaired) electrons. The van der Waals surface area contributed by atoms with Gasteiger partial charge in [0.1, 0.15) is 0 Å². The van der Waals surface area contributed by atoms with E-state index < -0.39 is 9.84 Å². The quantitative estimate of drug-likeness (QED) is 0.664. The monoisotopic (exact) mass is 311 g/mol. The molecule has 1 aromatic carbocycles. The smallest absolute Gasteiger partial charge is 0.175 e. The minimum absolute atomic E-state index is 0.265. The average Bonchev–Trinajstić information content (AvgIpc) is 2.36. The highest BCUT2D eigenvalue weighted by Gasteiger charge is 2.17. The number of hydrogen-bond donors (Lipinski definition) is 1. The van der Waals surface area contributed by atoms with Crippen LogP contribution in [-0.4, -0.2) is 14.7 Å². The molecular formula is C15H18ClNO2S. The van der Waals surface area contributed by atoms with Crippen LogP contribution in [0.25, 0.3) is 5.57 Å². The average molecular weight is 312 g/mol. The van der Waals surface area contributed by atoms with E-state index in [1.165, 1.54) is 6.26 Å². The molecule has 5 heteroatoms. The Bertz CT molecular complexity index is 673. The van der Waals surface area contributed by atoms with Gasteiger partial charge >= 0.3 is 0 Å². The molecule has 1 rings (SSSR count). The zero-order chi connectivity index (χ0) is 15.3. The summed E-state index contributed by atoms with van der Waals surface area (Å²) in [4.78, 5) is 0.265. The summed E-state index contributed by atoms with van der Waals surface area (Å²) in [5.41, 5.74) is 7.38. The maximum absolute atomic E-state index is 12.0. The Morgan fingerprint density at radius 1 is 1.45 bits per heavy atom. The molecule has 20 heavy (non-hydrogen) atoms. The van der Waals surface area contributed by atoms with Crippen molar-refractivity contribution in [2.45, 2.75) is 13.3 Å². The highest BCUT2D eigenvalue weighted by Crippen LogP contribution is 2.31. The third-order valence-corrected chi connectivity index (χ3v) is 4.16. The van der Waals surface area contributed by atoms with E-state index in [0.29, 0.717) is 28.3 Å². The van der Waals surface area contributed by atoms with Gasteiger partial charge in [-0.25, -0.2) is 8.42 Å². The lowest BCUT2D eigenvalue weighted by atomic mass is 10.0. The van der Waals surface area contributed by atoms with Crippen LogP contribution in [0, 0.1) is 0 Å². The lowest BCUT2D eigenvalue weighted by Crippen LogP contribution is -2.04. The van der Waals surface area contributed by atoms with Crippen molar-refractivity contribution in [1.29, 1.82) is 0 Å². The second kappa shape index (κ2) is 6.77. The second-order valence-electron chi connectivity index (χ2n) is 4.30. The molecule has 0 aromatic heterocycles. The van der Waals surface area contributed by atoms with E-state index in [2.05, 4.69) is 6.58 Å². The summed E-state index contributed by atoms with van der Waals surface area (Å²) >= 11 is 6.01. The Morgan fingerprint density at radius 3 is 2.55 bits per heavy atom. The summed E-state index contributed by atoms with van der Waals surface area (Å²) < 4.78 is 23.9. The number of nitrogen functional groups attached to an aromatic ring is 1. The van der Waals surface area contributed by atoms with Gasteiger partial charge in [0.25, 0.3) is 0 Å². The Hall–Kier alpha value is -1.52. The van der Waals surface area contributed by atoms with Gasteiger partial charge in [-0.3, -0.25) is 0 Å². The molecule has 108 valence electrons. The van der Waals surface area contributed by atoms with E-state index >= 15 is 0 Å².